The fourth-order valence-electron chi connectivity index (χ4n) is 2.73. The van der Waals surface area contributed by atoms with Crippen LogP contribution in [-0.4, -0.2) is 44.4 Å². The number of esters is 1. The Bertz CT molecular complexity index is 1230. The van der Waals surface area contributed by atoms with Crippen LogP contribution >= 0.6 is 0 Å². The predicted molar refractivity (Wildman–Crippen MR) is 104 cm³/mol. The Morgan fingerprint density at radius 2 is 1.93 bits per heavy atom. The standard InChI is InChI=1S/C12H12N2O3.C8H6N2O2/c1-9(16)17-5-3-10-2-4-14-12(6-10)11(8-15)7-13-14;11-5-6-4-9-10-2-1-7(12)3-8(6)10/h2,4,6-8H,3,5H2,1H3;1-5,9H. The number of carbonyl (C=O) groups excluding carboxylic acids is 3. The van der Waals surface area contributed by atoms with Crippen molar-refractivity contribution < 1.29 is 19.1 Å². The third kappa shape index (κ3) is 4.64. The van der Waals surface area contributed by atoms with E-state index < -0.39 is 0 Å². The molecule has 0 saturated carbocycles. The van der Waals surface area contributed by atoms with Crippen LogP contribution in [0.2, 0.25) is 0 Å². The molecule has 1 N–H and O–H groups in total. The summed E-state index contributed by atoms with van der Waals surface area (Å²) >= 11 is 0. The first-order valence-corrected chi connectivity index (χ1v) is 8.71. The van der Waals surface area contributed by atoms with Gasteiger partial charge in [-0.3, -0.25) is 23.7 Å². The van der Waals surface area contributed by atoms with E-state index in [1.54, 1.807) is 27.6 Å². The third-order valence-electron chi connectivity index (χ3n) is 4.15. The summed E-state index contributed by atoms with van der Waals surface area (Å²) in [6.45, 7) is 1.72. The van der Waals surface area contributed by atoms with Crippen molar-refractivity contribution in [3.05, 3.63) is 76.0 Å². The molecule has 0 atom stereocenters. The van der Waals surface area contributed by atoms with Gasteiger partial charge in [-0.2, -0.15) is 5.10 Å². The largest absolute Gasteiger partial charge is 0.466 e. The Hall–Kier alpha value is -4.01. The number of ether oxygens (including phenoxy) is 1. The van der Waals surface area contributed by atoms with E-state index in [1.165, 1.54) is 25.3 Å². The zero-order valence-corrected chi connectivity index (χ0v) is 15.6. The van der Waals surface area contributed by atoms with E-state index in [4.69, 9.17) is 4.74 Å². The van der Waals surface area contributed by atoms with Gasteiger partial charge in [-0.05, 0) is 17.7 Å². The molecule has 9 nitrogen and oxygen atoms in total. The van der Waals surface area contributed by atoms with Crippen molar-refractivity contribution in [2.45, 2.75) is 13.3 Å². The van der Waals surface area contributed by atoms with Crippen LogP contribution in [0.4, 0.5) is 0 Å². The molecule has 9 heteroatoms. The lowest BCUT2D eigenvalue weighted by molar-refractivity contribution is -0.140. The van der Waals surface area contributed by atoms with E-state index in [2.05, 4.69) is 10.2 Å². The van der Waals surface area contributed by atoms with Gasteiger partial charge in [0.25, 0.3) is 0 Å². The molecule has 148 valence electrons. The molecule has 4 aromatic rings. The Labute approximate surface area is 164 Å². The van der Waals surface area contributed by atoms with Crippen LogP contribution in [0.5, 0.6) is 0 Å². The number of aromatic nitrogens is 4. The maximum Gasteiger partial charge on any atom is 0.302 e. The molecule has 0 saturated heterocycles. The van der Waals surface area contributed by atoms with Crippen molar-refractivity contribution in [2.75, 3.05) is 6.61 Å². The summed E-state index contributed by atoms with van der Waals surface area (Å²) in [5, 5.41) is 6.85. The molecule has 4 rings (SSSR count). The van der Waals surface area contributed by atoms with E-state index in [-0.39, 0.29) is 11.4 Å². The smallest absolute Gasteiger partial charge is 0.302 e. The highest BCUT2D eigenvalue weighted by Gasteiger charge is 2.04. The van der Waals surface area contributed by atoms with Crippen LogP contribution in [-0.2, 0) is 16.0 Å². The molecular weight excluding hydrogens is 376 g/mol. The summed E-state index contributed by atoms with van der Waals surface area (Å²) in [5.41, 5.74) is 3.32. The number of carbonyl (C=O) groups is 3. The first kappa shape index (κ1) is 19.7. The summed E-state index contributed by atoms with van der Waals surface area (Å²) in [5.74, 6) is -0.288. The van der Waals surface area contributed by atoms with Crippen LogP contribution < -0.4 is 5.43 Å². The number of H-pyrrole nitrogens is 1. The molecule has 0 spiro atoms. The average molecular weight is 394 g/mol. The van der Waals surface area contributed by atoms with Crippen molar-refractivity contribution in [1.82, 2.24) is 19.2 Å². The monoisotopic (exact) mass is 394 g/mol. The molecule has 29 heavy (non-hydrogen) atoms. The van der Waals surface area contributed by atoms with Crippen LogP contribution in [0.15, 0.2) is 53.8 Å². The Kier molecular flexibility index (Phi) is 5.98. The van der Waals surface area contributed by atoms with Gasteiger partial charge in [-0.25, -0.2) is 4.52 Å². The summed E-state index contributed by atoms with van der Waals surface area (Å²) in [6, 6.07) is 6.61. The summed E-state index contributed by atoms with van der Waals surface area (Å²) in [6.07, 6.45) is 8.57. The minimum absolute atomic E-state index is 0.0994. The molecule has 0 bridgehead atoms. The van der Waals surface area contributed by atoms with Gasteiger partial charge < -0.3 is 9.84 Å². The number of rotatable bonds is 5. The SMILES string of the molecule is CC(=O)OCCc1ccn2ncc(C=O)c2c1.O=Cc1c[nH]n2ccc(=O)cc12. The number of hydrogen-bond donors (Lipinski definition) is 1. The van der Waals surface area contributed by atoms with Gasteiger partial charge in [0.15, 0.2) is 18.0 Å². The first-order valence-electron chi connectivity index (χ1n) is 8.71. The summed E-state index contributed by atoms with van der Waals surface area (Å²) in [7, 11) is 0. The summed E-state index contributed by atoms with van der Waals surface area (Å²) in [4.78, 5) is 42.8. The fourth-order valence-corrected chi connectivity index (χ4v) is 2.73. The van der Waals surface area contributed by atoms with Gasteiger partial charge in [-0.15, -0.1) is 0 Å². The van der Waals surface area contributed by atoms with Gasteiger partial charge in [0, 0.05) is 44.1 Å². The molecule has 0 fully saturated rings. The van der Waals surface area contributed by atoms with Crippen molar-refractivity contribution in [3.8, 4) is 0 Å². The maximum absolute atomic E-state index is 10.9. The van der Waals surface area contributed by atoms with E-state index in [0.717, 1.165) is 17.4 Å². The number of hydrogen-bond acceptors (Lipinski definition) is 6. The minimum Gasteiger partial charge on any atom is -0.466 e. The average Bonchev–Trinajstić information content (AvgIpc) is 3.31. The zero-order valence-electron chi connectivity index (χ0n) is 15.6. The number of aldehydes is 2. The van der Waals surface area contributed by atoms with Crippen molar-refractivity contribution in [3.63, 3.8) is 0 Å². The Morgan fingerprint density at radius 1 is 1.14 bits per heavy atom. The quantitative estimate of drug-likeness (QED) is 0.407. The van der Waals surface area contributed by atoms with Gasteiger partial charge in [0.1, 0.15) is 0 Å². The molecule has 0 amide bonds. The highest BCUT2D eigenvalue weighted by Crippen LogP contribution is 2.11. The van der Waals surface area contributed by atoms with Gasteiger partial charge in [0.05, 0.1) is 35.0 Å². The molecule has 0 aliphatic heterocycles. The molecule has 4 heterocycles. The normalized spacial score (nSPS) is 10.4. The van der Waals surface area contributed by atoms with Crippen molar-refractivity contribution in [2.24, 2.45) is 0 Å². The topological polar surface area (TPSA) is 115 Å². The third-order valence-corrected chi connectivity index (χ3v) is 4.15. The van der Waals surface area contributed by atoms with E-state index in [0.29, 0.717) is 36.0 Å². The van der Waals surface area contributed by atoms with Crippen LogP contribution in [0.25, 0.3) is 11.0 Å². The molecular formula is C20H18N4O5. The number of nitrogens with one attached hydrogen (secondary N) is 1. The second-order valence-electron chi connectivity index (χ2n) is 6.14. The highest BCUT2D eigenvalue weighted by molar-refractivity contribution is 5.86. The van der Waals surface area contributed by atoms with Gasteiger partial charge in [0.2, 0.25) is 0 Å². The van der Waals surface area contributed by atoms with Gasteiger partial charge in [-0.1, -0.05) is 0 Å². The van der Waals surface area contributed by atoms with E-state index >= 15 is 0 Å². The highest BCUT2D eigenvalue weighted by atomic mass is 16.5. The minimum atomic E-state index is -0.288. The maximum atomic E-state index is 10.9. The second-order valence-corrected chi connectivity index (χ2v) is 6.14. The number of fused-ring (bicyclic) bond motifs is 2. The first-order chi connectivity index (χ1) is 14.0. The molecule has 0 unspecified atom stereocenters. The number of pyridine rings is 2. The molecule has 0 aliphatic rings. The van der Waals surface area contributed by atoms with Crippen LogP contribution in [0, 0.1) is 0 Å². The van der Waals surface area contributed by atoms with Crippen molar-refractivity contribution >= 4 is 29.6 Å². The number of aromatic amines is 1. The Morgan fingerprint density at radius 3 is 2.66 bits per heavy atom. The molecule has 0 radical (unpaired) electrons. The lowest BCUT2D eigenvalue weighted by atomic mass is 10.1. The van der Waals surface area contributed by atoms with Crippen molar-refractivity contribution in [1.29, 1.82) is 0 Å². The molecule has 4 aromatic heterocycles. The Balaban J connectivity index is 0.000000176. The second kappa shape index (κ2) is 8.79. The predicted octanol–water partition coefficient (Wildman–Crippen LogP) is 1.69. The summed E-state index contributed by atoms with van der Waals surface area (Å²) < 4.78 is 8.12. The molecule has 0 aliphatic carbocycles. The van der Waals surface area contributed by atoms with Gasteiger partial charge >= 0.3 is 5.97 Å². The zero-order chi connectivity index (χ0) is 20.8. The number of nitrogens with zero attached hydrogens (tertiary/aromatic N) is 3. The lowest BCUT2D eigenvalue weighted by Crippen LogP contribution is -2.03. The van der Waals surface area contributed by atoms with Crippen LogP contribution in [0.3, 0.4) is 0 Å². The lowest BCUT2D eigenvalue weighted by Gasteiger charge is -2.03. The van der Waals surface area contributed by atoms with Crippen LogP contribution in [0.1, 0.15) is 33.2 Å². The fraction of sp³-hybridized carbons (Fsp3) is 0.150. The molecule has 0 aromatic carbocycles. The van der Waals surface area contributed by atoms with E-state index in [9.17, 15) is 19.2 Å². The van der Waals surface area contributed by atoms with E-state index in [1.807, 2.05) is 12.1 Å².